The average Bonchev–Trinajstić information content (AvgIpc) is 2.53. The summed E-state index contributed by atoms with van der Waals surface area (Å²) in [5, 5.41) is 0. The van der Waals surface area contributed by atoms with Crippen LogP contribution in [0.5, 0.6) is 0 Å². The van der Waals surface area contributed by atoms with E-state index in [-0.39, 0.29) is 12.2 Å². The van der Waals surface area contributed by atoms with Crippen molar-refractivity contribution >= 4 is 6.16 Å². The molecule has 0 aliphatic heterocycles. The van der Waals surface area contributed by atoms with Gasteiger partial charge in [-0.15, -0.1) is 0 Å². The van der Waals surface area contributed by atoms with E-state index in [0.29, 0.717) is 0 Å². The van der Waals surface area contributed by atoms with Crippen molar-refractivity contribution in [2.24, 2.45) is 0 Å². The maximum Gasteiger partial charge on any atom is 0.508 e. The van der Waals surface area contributed by atoms with Crippen molar-refractivity contribution in [2.45, 2.75) is 130 Å². The maximum absolute atomic E-state index is 11.8. The van der Waals surface area contributed by atoms with Gasteiger partial charge >= 0.3 is 6.16 Å². The van der Waals surface area contributed by atoms with E-state index in [9.17, 15) is 4.79 Å². The molecule has 0 fully saturated rings. The molecule has 0 aliphatic rings. The lowest BCUT2D eigenvalue weighted by atomic mass is 10.1. The Labute approximate surface area is 150 Å². The van der Waals surface area contributed by atoms with Gasteiger partial charge in [-0.3, -0.25) is 0 Å². The Balaban J connectivity index is 3.54. The molecule has 0 aromatic rings. The van der Waals surface area contributed by atoms with Crippen LogP contribution in [0, 0.1) is 0 Å². The van der Waals surface area contributed by atoms with Crippen molar-refractivity contribution in [3.63, 3.8) is 0 Å². The molecule has 0 N–H and O–H groups in total. The van der Waals surface area contributed by atoms with Crippen molar-refractivity contribution < 1.29 is 14.3 Å². The van der Waals surface area contributed by atoms with Crippen LogP contribution in [0.3, 0.4) is 0 Å². The van der Waals surface area contributed by atoms with Gasteiger partial charge in [0.05, 0.1) is 0 Å². The number of hydrogen-bond donors (Lipinski definition) is 0. The highest BCUT2D eigenvalue weighted by Crippen LogP contribution is 2.13. The molecule has 3 heteroatoms. The molecule has 0 spiro atoms. The largest absolute Gasteiger partial charge is 0.508 e. The van der Waals surface area contributed by atoms with Crippen LogP contribution >= 0.6 is 0 Å². The molecule has 24 heavy (non-hydrogen) atoms. The van der Waals surface area contributed by atoms with E-state index in [1.165, 1.54) is 64.2 Å². The fourth-order valence-electron chi connectivity index (χ4n) is 2.90. The van der Waals surface area contributed by atoms with Gasteiger partial charge in [0.25, 0.3) is 0 Å². The Morgan fingerprint density at radius 2 is 0.958 bits per heavy atom. The van der Waals surface area contributed by atoms with Crippen LogP contribution in [0.25, 0.3) is 0 Å². The minimum absolute atomic E-state index is 0.0371. The van der Waals surface area contributed by atoms with Gasteiger partial charge in [-0.05, 0) is 39.5 Å². The first kappa shape index (κ1) is 23.3. The normalized spacial score (nSPS) is 13.5. The summed E-state index contributed by atoms with van der Waals surface area (Å²) in [6.45, 7) is 8.39. The Morgan fingerprint density at radius 1 is 0.625 bits per heavy atom. The van der Waals surface area contributed by atoms with E-state index in [2.05, 4.69) is 13.8 Å². The van der Waals surface area contributed by atoms with Crippen molar-refractivity contribution in [1.82, 2.24) is 0 Å². The predicted octanol–water partition coefficient (Wildman–Crippen LogP) is 7.42. The van der Waals surface area contributed by atoms with Gasteiger partial charge in [-0.2, -0.15) is 0 Å². The fourth-order valence-corrected chi connectivity index (χ4v) is 2.90. The average molecular weight is 343 g/mol. The quantitative estimate of drug-likeness (QED) is 0.216. The van der Waals surface area contributed by atoms with Gasteiger partial charge in [0.2, 0.25) is 0 Å². The molecule has 144 valence electrons. The summed E-state index contributed by atoms with van der Waals surface area (Å²) in [5.41, 5.74) is 0. The third-order valence-electron chi connectivity index (χ3n) is 4.52. The standard InChI is InChI=1S/C21H42O3/c1-5-7-9-11-13-15-17-19(3)23-21(22)24-20(4)18-16-14-12-10-8-6-2/h19-20H,5-18H2,1-4H3. The van der Waals surface area contributed by atoms with E-state index in [4.69, 9.17) is 9.47 Å². The van der Waals surface area contributed by atoms with Gasteiger partial charge in [0.1, 0.15) is 12.2 Å². The number of carbonyl (C=O) groups is 1. The van der Waals surface area contributed by atoms with Gasteiger partial charge in [0, 0.05) is 0 Å². The van der Waals surface area contributed by atoms with Crippen LogP contribution in [0.2, 0.25) is 0 Å². The smallest absolute Gasteiger partial charge is 0.431 e. The third kappa shape index (κ3) is 16.1. The molecular formula is C21H42O3. The summed E-state index contributed by atoms with van der Waals surface area (Å²) in [7, 11) is 0. The van der Waals surface area contributed by atoms with Crippen molar-refractivity contribution in [3.05, 3.63) is 0 Å². The Hall–Kier alpha value is -0.730. The molecule has 0 aromatic carbocycles. The van der Waals surface area contributed by atoms with Gasteiger partial charge in [0.15, 0.2) is 0 Å². The van der Waals surface area contributed by atoms with E-state index in [1.54, 1.807) is 0 Å². The summed E-state index contributed by atoms with van der Waals surface area (Å²) in [5.74, 6) is 0. The van der Waals surface area contributed by atoms with Crippen LogP contribution in [-0.4, -0.2) is 18.4 Å². The van der Waals surface area contributed by atoms with Crippen LogP contribution in [-0.2, 0) is 9.47 Å². The van der Waals surface area contributed by atoms with Crippen LogP contribution < -0.4 is 0 Å². The lowest BCUT2D eigenvalue weighted by molar-refractivity contribution is 0.00264. The maximum atomic E-state index is 11.8. The minimum atomic E-state index is -0.494. The highest BCUT2D eigenvalue weighted by molar-refractivity contribution is 5.60. The zero-order chi connectivity index (χ0) is 18.0. The second-order valence-corrected chi connectivity index (χ2v) is 7.22. The number of unbranched alkanes of at least 4 members (excludes halogenated alkanes) is 10. The summed E-state index contributed by atoms with van der Waals surface area (Å²) in [6.07, 6.45) is 16.5. The Bertz CT molecular complexity index is 252. The van der Waals surface area contributed by atoms with Crippen LogP contribution in [0.1, 0.15) is 118 Å². The summed E-state index contributed by atoms with van der Waals surface area (Å²) in [4.78, 5) is 11.8. The monoisotopic (exact) mass is 342 g/mol. The summed E-state index contributed by atoms with van der Waals surface area (Å²) >= 11 is 0. The summed E-state index contributed by atoms with van der Waals surface area (Å²) in [6, 6.07) is 0. The van der Waals surface area contributed by atoms with Crippen LogP contribution in [0.4, 0.5) is 4.79 Å². The molecule has 0 aliphatic carbocycles. The molecule has 0 saturated carbocycles. The topological polar surface area (TPSA) is 35.5 Å². The number of rotatable bonds is 16. The molecule has 2 unspecified atom stereocenters. The van der Waals surface area contributed by atoms with Crippen LogP contribution in [0.15, 0.2) is 0 Å². The fraction of sp³-hybridized carbons (Fsp3) is 0.952. The molecular weight excluding hydrogens is 300 g/mol. The zero-order valence-corrected chi connectivity index (χ0v) is 16.8. The second kappa shape index (κ2) is 17.1. The van der Waals surface area contributed by atoms with Crippen molar-refractivity contribution in [1.29, 1.82) is 0 Å². The lowest BCUT2D eigenvalue weighted by Gasteiger charge is -2.16. The molecule has 3 nitrogen and oxygen atoms in total. The number of hydrogen-bond acceptors (Lipinski definition) is 3. The molecule has 0 bridgehead atoms. The van der Waals surface area contributed by atoms with Crippen molar-refractivity contribution in [2.75, 3.05) is 0 Å². The molecule has 0 aromatic heterocycles. The molecule has 0 amide bonds. The minimum Gasteiger partial charge on any atom is -0.431 e. The third-order valence-corrected chi connectivity index (χ3v) is 4.52. The van der Waals surface area contributed by atoms with Gasteiger partial charge in [-0.1, -0.05) is 78.1 Å². The first-order valence-electron chi connectivity index (χ1n) is 10.5. The highest BCUT2D eigenvalue weighted by Gasteiger charge is 2.14. The SMILES string of the molecule is CCCCCCCCC(C)OC(=O)OC(C)CCCCCCCC. The zero-order valence-electron chi connectivity index (χ0n) is 16.8. The molecule has 0 heterocycles. The highest BCUT2D eigenvalue weighted by atomic mass is 16.7. The Kier molecular flexibility index (Phi) is 16.6. The Morgan fingerprint density at radius 3 is 1.33 bits per heavy atom. The van der Waals surface area contributed by atoms with E-state index in [0.717, 1.165) is 25.7 Å². The number of carbonyl (C=O) groups excluding carboxylic acids is 1. The summed E-state index contributed by atoms with van der Waals surface area (Å²) < 4.78 is 10.7. The molecule has 0 radical (unpaired) electrons. The van der Waals surface area contributed by atoms with Gasteiger partial charge in [-0.25, -0.2) is 4.79 Å². The van der Waals surface area contributed by atoms with E-state index >= 15 is 0 Å². The van der Waals surface area contributed by atoms with E-state index in [1.807, 2.05) is 13.8 Å². The van der Waals surface area contributed by atoms with E-state index < -0.39 is 6.16 Å². The van der Waals surface area contributed by atoms with Crippen molar-refractivity contribution in [3.8, 4) is 0 Å². The lowest BCUT2D eigenvalue weighted by Crippen LogP contribution is -2.20. The second-order valence-electron chi connectivity index (χ2n) is 7.22. The molecule has 0 rings (SSSR count). The first-order valence-corrected chi connectivity index (χ1v) is 10.5. The predicted molar refractivity (Wildman–Crippen MR) is 102 cm³/mol. The molecule has 2 atom stereocenters. The molecule has 0 saturated heterocycles. The first-order chi connectivity index (χ1) is 11.6. The number of ether oxygens (including phenoxy) is 2. The van der Waals surface area contributed by atoms with Gasteiger partial charge < -0.3 is 9.47 Å².